The van der Waals surface area contributed by atoms with Gasteiger partial charge in [0.2, 0.25) is 0 Å². The van der Waals surface area contributed by atoms with Crippen LogP contribution in [0.4, 0.5) is 5.69 Å². The molecule has 0 saturated carbocycles. The molecule has 0 aliphatic rings. The number of nitro benzene ring substituents is 1. The maximum absolute atomic E-state index is 12.4. The molecule has 6 nitrogen and oxygen atoms in total. The monoisotopic (exact) mass is 410 g/mol. The molecule has 0 atom stereocenters. The summed E-state index contributed by atoms with van der Waals surface area (Å²) < 4.78 is 6.99. The number of nitrogens with zero attached hydrogens (tertiary/aromatic N) is 2. The Balaban J connectivity index is 1.91. The number of carbonyl (C=O) groups is 1. The number of aromatic nitrogens is 1. The Labute approximate surface area is 173 Å². The molecule has 3 aromatic rings. The molecule has 0 radical (unpaired) electrons. The fourth-order valence-electron chi connectivity index (χ4n) is 3.15. The van der Waals surface area contributed by atoms with E-state index in [9.17, 15) is 14.9 Å². The molecule has 148 valence electrons. The molecule has 7 heteroatoms. The van der Waals surface area contributed by atoms with E-state index in [1.54, 1.807) is 43.5 Å². The van der Waals surface area contributed by atoms with E-state index in [1.807, 2.05) is 24.5 Å². The normalized spacial score (nSPS) is 11.0. The van der Waals surface area contributed by atoms with E-state index in [-0.39, 0.29) is 16.5 Å². The second kappa shape index (κ2) is 8.32. The average Bonchev–Trinajstić information content (AvgIpc) is 2.99. The first kappa shape index (κ1) is 20.4. The molecule has 0 bridgehead atoms. The number of allylic oxidation sites excluding steroid dienone is 1. The van der Waals surface area contributed by atoms with Gasteiger partial charge in [-0.15, -0.1) is 0 Å². The van der Waals surface area contributed by atoms with Crippen molar-refractivity contribution in [1.82, 2.24) is 4.57 Å². The Morgan fingerprint density at radius 3 is 2.45 bits per heavy atom. The maximum Gasteiger partial charge on any atom is 0.289 e. The molecule has 1 heterocycles. The van der Waals surface area contributed by atoms with Gasteiger partial charge in [-0.05, 0) is 74.0 Å². The molecule has 0 fully saturated rings. The van der Waals surface area contributed by atoms with Crippen molar-refractivity contribution in [1.29, 1.82) is 0 Å². The summed E-state index contributed by atoms with van der Waals surface area (Å²) >= 11 is 5.92. The summed E-state index contributed by atoms with van der Waals surface area (Å²) in [5, 5.41) is 11.3. The predicted octanol–water partition coefficient (Wildman–Crippen LogP) is 5.56. The molecule has 0 aliphatic heterocycles. The number of nitro groups is 1. The zero-order valence-electron chi connectivity index (χ0n) is 16.2. The molecule has 0 saturated heterocycles. The molecule has 0 spiro atoms. The summed E-state index contributed by atoms with van der Waals surface area (Å²) in [7, 11) is 1.57. The topological polar surface area (TPSA) is 74.4 Å². The Morgan fingerprint density at radius 1 is 1.14 bits per heavy atom. The first-order chi connectivity index (χ1) is 13.8. The standard InChI is InChI=1S/C22H19ClN2O4/c1-14-12-17(6-11-22(26)16-4-8-19(29-3)9-5-16)15(2)24(14)18-7-10-20(23)21(13-18)25(27)28/h4-13H,1-3H3/b11-6+. The summed E-state index contributed by atoms with van der Waals surface area (Å²) in [5.41, 5.74) is 3.64. The quantitative estimate of drug-likeness (QED) is 0.231. The summed E-state index contributed by atoms with van der Waals surface area (Å²) in [4.78, 5) is 23.1. The number of hydrogen-bond donors (Lipinski definition) is 0. The highest BCUT2D eigenvalue weighted by Crippen LogP contribution is 2.29. The van der Waals surface area contributed by atoms with Gasteiger partial charge in [-0.25, -0.2) is 0 Å². The molecule has 0 aliphatic carbocycles. The minimum Gasteiger partial charge on any atom is -0.497 e. The number of ether oxygens (including phenoxy) is 1. The first-order valence-corrected chi connectivity index (χ1v) is 9.19. The number of aryl methyl sites for hydroxylation is 1. The van der Waals surface area contributed by atoms with Gasteiger partial charge in [0.15, 0.2) is 5.78 Å². The van der Waals surface area contributed by atoms with E-state index >= 15 is 0 Å². The van der Waals surface area contributed by atoms with Crippen molar-refractivity contribution in [3.63, 3.8) is 0 Å². The van der Waals surface area contributed by atoms with E-state index in [1.165, 1.54) is 18.2 Å². The highest BCUT2D eigenvalue weighted by molar-refractivity contribution is 6.32. The zero-order valence-corrected chi connectivity index (χ0v) is 16.9. The molecule has 0 amide bonds. The van der Waals surface area contributed by atoms with Crippen molar-refractivity contribution in [3.8, 4) is 11.4 Å². The molecule has 29 heavy (non-hydrogen) atoms. The van der Waals surface area contributed by atoms with Gasteiger partial charge in [0.25, 0.3) is 5.69 Å². The van der Waals surface area contributed by atoms with Gasteiger partial charge < -0.3 is 9.30 Å². The molecule has 0 unspecified atom stereocenters. The lowest BCUT2D eigenvalue weighted by Crippen LogP contribution is -2.00. The van der Waals surface area contributed by atoms with E-state index in [4.69, 9.17) is 16.3 Å². The largest absolute Gasteiger partial charge is 0.497 e. The van der Waals surface area contributed by atoms with Crippen LogP contribution in [-0.2, 0) is 0 Å². The van der Waals surface area contributed by atoms with Crippen molar-refractivity contribution in [2.75, 3.05) is 7.11 Å². The summed E-state index contributed by atoms with van der Waals surface area (Å²) in [5.74, 6) is 0.561. The second-order valence-corrected chi connectivity index (χ2v) is 6.89. The Kier molecular flexibility index (Phi) is 5.84. The van der Waals surface area contributed by atoms with Crippen LogP contribution in [0.15, 0.2) is 54.6 Å². The fraction of sp³-hybridized carbons (Fsp3) is 0.136. The molecular weight excluding hydrogens is 392 g/mol. The zero-order chi connectivity index (χ0) is 21.1. The van der Waals surface area contributed by atoms with Gasteiger partial charge in [0, 0.05) is 23.0 Å². The van der Waals surface area contributed by atoms with Gasteiger partial charge in [-0.2, -0.15) is 0 Å². The third kappa shape index (κ3) is 4.22. The van der Waals surface area contributed by atoms with Gasteiger partial charge in [0.1, 0.15) is 10.8 Å². The number of halogens is 1. The van der Waals surface area contributed by atoms with Gasteiger partial charge in [0.05, 0.1) is 17.7 Å². The maximum atomic E-state index is 12.4. The van der Waals surface area contributed by atoms with Crippen LogP contribution in [0.2, 0.25) is 5.02 Å². The second-order valence-electron chi connectivity index (χ2n) is 6.48. The molecule has 0 N–H and O–H groups in total. The molecule has 2 aromatic carbocycles. The third-order valence-corrected chi connectivity index (χ3v) is 4.96. The predicted molar refractivity (Wildman–Crippen MR) is 113 cm³/mol. The van der Waals surface area contributed by atoms with E-state index < -0.39 is 4.92 Å². The lowest BCUT2D eigenvalue weighted by Gasteiger charge is -2.10. The number of hydrogen-bond acceptors (Lipinski definition) is 4. The Morgan fingerprint density at radius 2 is 1.83 bits per heavy atom. The minimum absolute atomic E-state index is 0.0893. The molecular formula is C22H19ClN2O4. The smallest absolute Gasteiger partial charge is 0.289 e. The van der Waals surface area contributed by atoms with Crippen molar-refractivity contribution in [2.24, 2.45) is 0 Å². The number of benzene rings is 2. The summed E-state index contributed by atoms with van der Waals surface area (Å²) in [6.45, 7) is 3.79. The average molecular weight is 411 g/mol. The van der Waals surface area contributed by atoms with Crippen LogP contribution < -0.4 is 4.74 Å². The SMILES string of the molecule is COc1ccc(C(=O)/C=C/c2cc(C)n(-c3ccc(Cl)c([N+](=O)[O-])c3)c2C)cc1. The van der Waals surface area contributed by atoms with Crippen LogP contribution in [0.3, 0.4) is 0 Å². The van der Waals surface area contributed by atoms with E-state index in [0.717, 1.165) is 17.0 Å². The summed E-state index contributed by atoms with van der Waals surface area (Å²) in [6, 6.07) is 13.5. The van der Waals surface area contributed by atoms with Crippen molar-refractivity contribution in [3.05, 3.63) is 92.3 Å². The highest BCUT2D eigenvalue weighted by atomic mass is 35.5. The number of rotatable bonds is 6. The van der Waals surface area contributed by atoms with E-state index in [0.29, 0.717) is 17.0 Å². The van der Waals surface area contributed by atoms with Crippen LogP contribution in [0.25, 0.3) is 11.8 Å². The van der Waals surface area contributed by atoms with Crippen LogP contribution in [0.1, 0.15) is 27.3 Å². The number of methoxy groups -OCH3 is 1. The van der Waals surface area contributed by atoms with E-state index in [2.05, 4.69) is 0 Å². The number of ketones is 1. The number of carbonyl (C=O) groups excluding carboxylic acids is 1. The molecule has 3 rings (SSSR count). The highest BCUT2D eigenvalue weighted by Gasteiger charge is 2.16. The van der Waals surface area contributed by atoms with Gasteiger partial charge >= 0.3 is 0 Å². The van der Waals surface area contributed by atoms with Crippen LogP contribution in [0.5, 0.6) is 5.75 Å². The van der Waals surface area contributed by atoms with Crippen LogP contribution in [0, 0.1) is 24.0 Å². The lowest BCUT2D eigenvalue weighted by molar-refractivity contribution is -0.384. The minimum atomic E-state index is -0.506. The van der Waals surface area contributed by atoms with Gasteiger partial charge in [-0.1, -0.05) is 11.6 Å². The molecule has 1 aromatic heterocycles. The van der Waals surface area contributed by atoms with Crippen molar-refractivity contribution in [2.45, 2.75) is 13.8 Å². The van der Waals surface area contributed by atoms with Crippen molar-refractivity contribution < 1.29 is 14.5 Å². The van der Waals surface area contributed by atoms with Crippen LogP contribution >= 0.6 is 11.6 Å². The lowest BCUT2D eigenvalue weighted by atomic mass is 10.1. The third-order valence-electron chi connectivity index (χ3n) is 4.64. The fourth-order valence-corrected chi connectivity index (χ4v) is 3.34. The Bertz CT molecular complexity index is 1110. The summed E-state index contributed by atoms with van der Waals surface area (Å²) in [6.07, 6.45) is 3.26. The van der Waals surface area contributed by atoms with Gasteiger partial charge in [-0.3, -0.25) is 14.9 Å². The van der Waals surface area contributed by atoms with Crippen LogP contribution in [-0.4, -0.2) is 22.4 Å². The first-order valence-electron chi connectivity index (χ1n) is 8.81. The Hall–Kier alpha value is -3.38. The van der Waals surface area contributed by atoms with Crippen molar-refractivity contribution >= 4 is 29.1 Å².